The van der Waals surface area contributed by atoms with Crippen LogP contribution in [0.25, 0.3) is 0 Å². The summed E-state index contributed by atoms with van der Waals surface area (Å²) >= 11 is 0. The summed E-state index contributed by atoms with van der Waals surface area (Å²) in [6.07, 6.45) is 1.46. The number of nitrogens with zero attached hydrogens (tertiary/aromatic N) is 1. The average Bonchev–Trinajstić information content (AvgIpc) is 3.29. The summed E-state index contributed by atoms with van der Waals surface area (Å²) in [5.41, 5.74) is 1.65. The third kappa shape index (κ3) is 5.34. The number of halogens is 1. The quantitative estimate of drug-likeness (QED) is 0.659. The van der Waals surface area contributed by atoms with E-state index in [1.54, 1.807) is 25.1 Å². The number of aryl methyl sites for hydroxylation is 1. The summed E-state index contributed by atoms with van der Waals surface area (Å²) in [5, 5.41) is 5.55. The molecule has 2 amide bonds. The Kier molecular flexibility index (Phi) is 7.30. The fourth-order valence-corrected chi connectivity index (χ4v) is 5.06. The molecule has 32 heavy (non-hydrogen) atoms. The zero-order chi connectivity index (χ0) is 23.5. The summed E-state index contributed by atoms with van der Waals surface area (Å²) in [7, 11) is -4.00. The molecular weight excluding hydrogens is 433 g/mol. The summed E-state index contributed by atoms with van der Waals surface area (Å²) in [5.74, 6) is -1.33. The third-order valence-electron chi connectivity index (χ3n) is 5.28. The maximum absolute atomic E-state index is 14.3. The van der Waals surface area contributed by atoms with Crippen molar-refractivity contribution in [2.75, 3.05) is 25.0 Å². The second-order valence-electron chi connectivity index (χ2n) is 8.34. The van der Waals surface area contributed by atoms with Crippen LogP contribution in [0.4, 0.5) is 10.1 Å². The molecule has 0 aromatic heterocycles. The van der Waals surface area contributed by atoms with Crippen molar-refractivity contribution in [3.8, 4) is 0 Å². The Bertz CT molecular complexity index is 1130. The largest absolute Gasteiger partial charge is 0.352 e. The Morgan fingerprint density at radius 2 is 1.66 bits per heavy atom. The monoisotopic (exact) mass is 461 g/mol. The zero-order valence-electron chi connectivity index (χ0n) is 18.4. The van der Waals surface area contributed by atoms with E-state index >= 15 is 0 Å². The molecule has 7 nitrogen and oxygen atoms in total. The highest BCUT2D eigenvalue weighted by atomic mass is 32.2. The Hall–Kier alpha value is -2.78. The number of hydrogen-bond acceptors (Lipinski definition) is 4. The van der Waals surface area contributed by atoms with Gasteiger partial charge in [-0.05, 0) is 67.6 Å². The maximum Gasteiger partial charge on any atom is 0.255 e. The van der Waals surface area contributed by atoms with Gasteiger partial charge < -0.3 is 10.6 Å². The zero-order valence-corrected chi connectivity index (χ0v) is 19.3. The van der Waals surface area contributed by atoms with Gasteiger partial charge in [0.15, 0.2) is 0 Å². The number of sulfonamides is 1. The fraction of sp³-hybridized carbons (Fsp3) is 0.391. The molecule has 0 atom stereocenters. The van der Waals surface area contributed by atoms with Crippen LogP contribution in [0.5, 0.6) is 0 Å². The first kappa shape index (κ1) is 23.9. The highest BCUT2D eigenvalue weighted by molar-refractivity contribution is 7.89. The first-order valence-corrected chi connectivity index (χ1v) is 12.0. The van der Waals surface area contributed by atoms with Gasteiger partial charge in [0, 0.05) is 36.4 Å². The van der Waals surface area contributed by atoms with Gasteiger partial charge in [-0.25, -0.2) is 12.8 Å². The lowest BCUT2D eigenvalue weighted by Gasteiger charge is -2.17. The van der Waals surface area contributed by atoms with E-state index in [2.05, 4.69) is 10.6 Å². The van der Waals surface area contributed by atoms with E-state index in [0.29, 0.717) is 42.4 Å². The minimum Gasteiger partial charge on any atom is -0.352 e. The number of rotatable bonds is 7. The van der Waals surface area contributed by atoms with Crippen LogP contribution in [-0.2, 0) is 10.0 Å². The van der Waals surface area contributed by atoms with E-state index in [-0.39, 0.29) is 11.5 Å². The van der Waals surface area contributed by atoms with Gasteiger partial charge in [-0.3, -0.25) is 9.59 Å². The number of benzene rings is 2. The van der Waals surface area contributed by atoms with Crippen molar-refractivity contribution in [2.24, 2.45) is 5.92 Å². The first-order chi connectivity index (χ1) is 15.1. The molecule has 1 heterocycles. The van der Waals surface area contributed by atoms with Crippen LogP contribution in [0.3, 0.4) is 0 Å². The summed E-state index contributed by atoms with van der Waals surface area (Å²) in [6.45, 7) is 7.00. The number of amides is 2. The van der Waals surface area contributed by atoms with Crippen LogP contribution < -0.4 is 10.6 Å². The molecule has 2 N–H and O–H groups in total. The van der Waals surface area contributed by atoms with Crippen molar-refractivity contribution >= 4 is 27.5 Å². The molecule has 172 valence electrons. The topological polar surface area (TPSA) is 95.6 Å². The molecule has 0 unspecified atom stereocenters. The number of hydrogen-bond donors (Lipinski definition) is 2. The third-order valence-corrected chi connectivity index (χ3v) is 7.20. The van der Waals surface area contributed by atoms with E-state index in [4.69, 9.17) is 0 Å². The highest BCUT2D eigenvalue weighted by Crippen LogP contribution is 2.25. The van der Waals surface area contributed by atoms with Gasteiger partial charge in [0.1, 0.15) is 10.7 Å². The van der Waals surface area contributed by atoms with Crippen LogP contribution in [0.2, 0.25) is 0 Å². The second kappa shape index (κ2) is 9.79. The molecular formula is C23H28FN3O4S. The van der Waals surface area contributed by atoms with Gasteiger partial charge in [-0.15, -0.1) is 0 Å². The standard InChI is InChI=1S/C23H28FN3O4S/c1-15(2)14-25-22(28)17-7-9-20(16(3)12-17)26-23(29)18-6-8-19(24)21(13-18)32(30,31)27-10-4-5-11-27/h6-9,12-13,15H,4-5,10-11,14H2,1-3H3,(H,25,28)(H,26,29). The number of carbonyl (C=O) groups excluding carboxylic acids is 2. The van der Waals surface area contributed by atoms with Crippen LogP contribution in [-0.4, -0.2) is 44.2 Å². The van der Waals surface area contributed by atoms with Crippen LogP contribution in [0.1, 0.15) is 53.0 Å². The van der Waals surface area contributed by atoms with Gasteiger partial charge in [-0.2, -0.15) is 4.31 Å². The van der Waals surface area contributed by atoms with Gasteiger partial charge >= 0.3 is 0 Å². The van der Waals surface area contributed by atoms with Crippen LogP contribution >= 0.6 is 0 Å². The number of nitrogens with one attached hydrogen (secondary N) is 2. The molecule has 9 heteroatoms. The SMILES string of the molecule is Cc1cc(C(=O)NCC(C)C)ccc1NC(=O)c1ccc(F)c(S(=O)(=O)N2CCCC2)c1. The van der Waals surface area contributed by atoms with Crippen LogP contribution in [0.15, 0.2) is 41.3 Å². The minimum absolute atomic E-state index is 0.0299. The van der Waals surface area contributed by atoms with Gasteiger partial charge in [0.2, 0.25) is 10.0 Å². The van der Waals surface area contributed by atoms with Crippen molar-refractivity contribution in [3.63, 3.8) is 0 Å². The molecule has 2 aromatic carbocycles. The Morgan fingerprint density at radius 3 is 2.28 bits per heavy atom. The highest BCUT2D eigenvalue weighted by Gasteiger charge is 2.30. The summed E-state index contributed by atoms with van der Waals surface area (Å²) in [6, 6.07) is 8.19. The molecule has 0 aliphatic carbocycles. The molecule has 0 spiro atoms. The van der Waals surface area contributed by atoms with Crippen molar-refractivity contribution in [1.29, 1.82) is 0 Å². The maximum atomic E-state index is 14.3. The number of carbonyl (C=O) groups is 2. The van der Waals surface area contributed by atoms with Gasteiger partial charge in [-0.1, -0.05) is 13.8 Å². The summed E-state index contributed by atoms with van der Waals surface area (Å²) < 4.78 is 41.1. The average molecular weight is 462 g/mol. The lowest BCUT2D eigenvalue weighted by atomic mass is 10.1. The fourth-order valence-electron chi connectivity index (χ4n) is 3.45. The van der Waals surface area contributed by atoms with Crippen molar-refractivity contribution in [2.45, 2.75) is 38.5 Å². The lowest BCUT2D eigenvalue weighted by molar-refractivity contribution is 0.0948. The summed E-state index contributed by atoms with van der Waals surface area (Å²) in [4.78, 5) is 24.5. The molecule has 0 saturated carbocycles. The minimum atomic E-state index is -4.00. The van der Waals surface area contributed by atoms with E-state index in [0.717, 1.165) is 25.0 Å². The van der Waals surface area contributed by atoms with Gasteiger partial charge in [0.25, 0.3) is 11.8 Å². The molecule has 2 aromatic rings. The van der Waals surface area contributed by atoms with E-state index < -0.39 is 26.6 Å². The second-order valence-corrected chi connectivity index (χ2v) is 10.3. The van der Waals surface area contributed by atoms with Crippen molar-refractivity contribution < 1.29 is 22.4 Å². The Labute approximate surface area is 188 Å². The molecule has 0 radical (unpaired) electrons. The van der Waals surface area contributed by atoms with E-state index in [1.807, 2.05) is 13.8 Å². The van der Waals surface area contributed by atoms with Crippen molar-refractivity contribution in [3.05, 3.63) is 58.9 Å². The Morgan fingerprint density at radius 1 is 1.03 bits per heavy atom. The van der Waals surface area contributed by atoms with Gasteiger partial charge in [0.05, 0.1) is 0 Å². The molecule has 0 bridgehead atoms. The van der Waals surface area contributed by atoms with E-state index in [1.165, 1.54) is 10.4 Å². The first-order valence-electron chi connectivity index (χ1n) is 10.6. The predicted octanol–water partition coefficient (Wildman–Crippen LogP) is 3.56. The molecule has 1 saturated heterocycles. The van der Waals surface area contributed by atoms with E-state index in [9.17, 15) is 22.4 Å². The molecule has 1 aliphatic rings. The molecule has 1 fully saturated rings. The normalized spacial score (nSPS) is 14.5. The smallest absolute Gasteiger partial charge is 0.255 e. The van der Waals surface area contributed by atoms with Crippen molar-refractivity contribution in [1.82, 2.24) is 9.62 Å². The predicted molar refractivity (Wildman–Crippen MR) is 121 cm³/mol. The van der Waals surface area contributed by atoms with Crippen LogP contribution in [0, 0.1) is 18.7 Å². The molecule has 3 rings (SSSR count). The number of anilines is 1. The Balaban J connectivity index is 1.78. The molecule has 1 aliphatic heterocycles. The lowest BCUT2D eigenvalue weighted by Crippen LogP contribution is -2.29.